The number of hydrogen-bond acceptors (Lipinski definition) is 6. The molecule has 1 aromatic rings. The summed E-state index contributed by atoms with van der Waals surface area (Å²) in [5, 5.41) is 3.71. The fourth-order valence-electron chi connectivity index (χ4n) is 1.55. The normalized spacial score (nSPS) is 14.3. The third kappa shape index (κ3) is 2.40. The van der Waals surface area contributed by atoms with Crippen LogP contribution in [0.3, 0.4) is 0 Å². The number of nitrogen functional groups attached to an aromatic ring is 1. The van der Waals surface area contributed by atoms with Gasteiger partial charge in [0.05, 0.1) is 17.9 Å². The SMILES string of the molecule is CCOC(=O)c1sc(NC2CC2)c(C(N)=O)c1N. The van der Waals surface area contributed by atoms with Crippen molar-refractivity contribution in [1.82, 2.24) is 0 Å². The van der Waals surface area contributed by atoms with Gasteiger partial charge in [0, 0.05) is 6.04 Å². The second-order valence-electron chi connectivity index (χ2n) is 4.05. The molecule has 1 fully saturated rings. The molecular formula is C11H15N3O3S. The molecule has 98 valence electrons. The summed E-state index contributed by atoms with van der Waals surface area (Å²) in [5.74, 6) is -1.16. The van der Waals surface area contributed by atoms with Crippen LogP contribution in [0, 0.1) is 0 Å². The number of amides is 1. The van der Waals surface area contributed by atoms with E-state index in [1.807, 2.05) is 0 Å². The molecule has 0 spiro atoms. The molecule has 1 aliphatic rings. The third-order valence-electron chi connectivity index (χ3n) is 2.56. The van der Waals surface area contributed by atoms with Crippen molar-refractivity contribution in [3.05, 3.63) is 10.4 Å². The van der Waals surface area contributed by atoms with Gasteiger partial charge in [-0.25, -0.2) is 4.79 Å². The largest absolute Gasteiger partial charge is 0.462 e. The van der Waals surface area contributed by atoms with Gasteiger partial charge in [-0.15, -0.1) is 11.3 Å². The molecule has 0 bridgehead atoms. The maximum Gasteiger partial charge on any atom is 0.350 e. The molecule has 0 aliphatic heterocycles. The Morgan fingerprint density at radius 2 is 2.17 bits per heavy atom. The fourth-order valence-corrected chi connectivity index (χ4v) is 2.65. The van der Waals surface area contributed by atoms with Crippen LogP contribution >= 0.6 is 11.3 Å². The number of nitrogens with two attached hydrogens (primary N) is 2. The lowest BCUT2D eigenvalue weighted by molar-refractivity contribution is 0.0533. The van der Waals surface area contributed by atoms with Crippen molar-refractivity contribution >= 4 is 33.9 Å². The molecule has 7 heteroatoms. The van der Waals surface area contributed by atoms with Gasteiger partial charge in [0.2, 0.25) is 0 Å². The Labute approximate surface area is 108 Å². The predicted octanol–water partition coefficient (Wildman–Crippen LogP) is 1.18. The number of carbonyl (C=O) groups excluding carboxylic acids is 2. The van der Waals surface area contributed by atoms with E-state index in [1.165, 1.54) is 0 Å². The maximum absolute atomic E-state index is 11.7. The molecule has 18 heavy (non-hydrogen) atoms. The van der Waals surface area contributed by atoms with Crippen molar-refractivity contribution < 1.29 is 14.3 Å². The number of hydrogen-bond donors (Lipinski definition) is 3. The van der Waals surface area contributed by atoms with Gasteiger partial charge in [-0.2, -0.15) is 0 Å². The standard InChI is InChI=1S/C11H15N3O3S/c1-2-17-11(16)8-7(12)6(9(13)15)10(18-8)14-5-3-4-5/h5,14H,2-4,12H2,1H3,(H2,13,15). The zero-order valence-electron chi connectivity index (χ0n) is 9.99. The minimum atomic E-state index is -0.637. The van der Waals surface area contributed by atoms with Crippen molar-refractivity contribution in [2.24, 2.45) is 5.73 Å². The smallest absolute Gasteiger partial charge is 0.350 e. The number of ether oxygens (including phenoxy) is 1. The molecule has 6 nitrogen and oxygen atoms in total. The van der Waals surface area contributed by atoms with Crippen molar-refractivity contribution in [1.29, 1.82) is 0 Å². The molecule has 2 rings (SSSR count). The van der Waals surface area contributed by atoms with Crippen LogP contribution < -0.4 is 16.8 Å². The van der Waals surface area contributed by atoms with Crippen molar-refractivity contribution in [3.8, 4) is 0 Å². The Morgan fingerprint density at radius 3 is 2.67 bits per heavy atom. The average molecular weight is 269 g/mol. The zero-order chi connectivity index (χ0) is 13.3. The van der Waals surface area contributed by atoms with Gasteiger partial charge in [0.1, 0.15) is 9.88 Å². The highest BCUT2D eigenvalue weighted by Gasteiger charge is 2.29. The van der Waals surface area contributed by atoms with E-state index in [2.05, 4.69) is 5.32 Å². The van der Waals surface area contributed by atoms with Gasteiger partial charge in [0.15, 0.2) is 0 Å². The van der Waals surface area contributed by atoms with Crippen LogP contribution in [-0.4, -0.2) is 24.5 Å². The number of primary amides is 1. The summed E-state index contributed by atoms with van der Waals surface area (Å²) in [6.45, 7) is 1.97. The lowest BCUT2D eigenvalue weighted by Crippen LogP contribution is -2.15. The monoisotopic (exact) mass is 269 g/mol. The topological polar surface area (TPSA) is 107 Å². The second kappa shape index (κ2) is 4.85. The van der Waals surface area contributed by atoms with Gasteiger partial charge in [-0.1, -0.05) is 0 Å². The maximum atomic E-state index is 11.7. The molecule has 1 saturated carbocycles. The Bertz CT molecular complexity index is 494. The van der Waals surface area contributed by atoms with E-state index in [4.69, 9.17) is 16.2 Å². The number of thiophene rings is 1. The van der Waals surface area contributed by atoms with E-state index >= 15 is 0 Å². The molecule has 1 amide bonds. The van der Waals surface area contributed by atoms with E-state index < -0.39 is 11.9 Å². The van der Waals surface area contributed by atoms with Crippen molar-refractivity contribution in [2.45, 2.75) is 25.8 Å². The van der Waals surface area contributed by atoms with Gasteiger partial charge in [0.25, 0.3) is 5.91 Å². The van der Waals surface area contributed by atoms with E-state index in [0.29, 0.717) is 11.0 Å². The summed E-state index contributed by atoms with van der Waals surface area (Å²) in [5.41, 5.74) is 11.4. The van der Waals surface area contributed by atoms with Crippen LogP contribution in [0.25, 0.3) is 0 Å². The van der Waals surface area contributed by atoms with Gasteiger partial charge in [-0.3, -0.25) is 4.79 Å². The minimum Gasteiger partial charge on any atom is -0.462 e. The quantitative estimate of drug-likeness (QED) is 0.696. The Kier molecular flexibility index (Phi) is 3.42. The first-order chi connectivity index (χ1) is 8.54. The van der Waals surface area contributed by atoms with Crippen LogP contribution in [0.2, 0.25) is 0 Å². The van der Waals surface area contributed by atoms with Crippen molar-refractivity contribution in [3.63, 3.8) is 0 Å². The average Bonchev–Trinajstić information content (AvgIpc) is 3.02. The summed E-state index contributed by atoms with van der Waals surface area (Å²) in [6.07, 6.45) is 2.09. The Hall–Kier alpha value is -1.76. The number of carbonyl (C=O) groups is 2. The Morgan fingerprint density at radius 1 is 1.50 bits per heavy atom. The summed E-state index contributed by atoms with van der Waals surface area (Å²) < 4.78 is 4.89. The fraction of sp³-hybridized carbons (Fsp3) is 0.455. The van der Waals surface area contributed by atoms with Crippen LogP contribution in [0.15, 0.2) is 0 Å². The highest BCUT2D eigenvalue weighted by atomic mass is 32.1. The number of rotatable bonds is 5. The van der Waals surface area contributed by atoms with E-state index in [-0.39, 0.29) is 22.7 Å². The number of esters is 1. The van der Waals surface area contributed by atoms with Crippen LogP contribution in [0.1, 0.15) is 39.8 Å². The number of anilines is 2. The van der Waals surface area contributed by atoms with Crippen molar-refractivity contribution in [2.75, 3.05) is 17.7 Å². The molecule has 0 unspecified atom stereocenters. The third-order valence-corrected chi connectivity index (χ3v) is 3.68. The molecule has 1 heterocycles. The van der Waals surface area contributed by atoms with Crippen LogP contribution in [0.5, 0.6) is 0 Å². The molecule has 5 N–H and O–H groups in total. The minimum absolute atomic E-state index is 0.106. The van der Waals surface area contributed by atoms with Crippen LogP contribution in [0.4, 0.5) is 10.7 Å². The first-order valence-corrected chi connectivity index (χ1v) is 6.52. The molecule has 0 atom stereocenters. The van der Waals surface area contributed by atoms with Gasteiger partial charge >= 0.3 is 5.97 Å². The predicted molar refractivity (Wildman–Crippen MR) is 69.9 cm³/mol. The lowest BCUT2D eigenvalue weighted by Gasteiger charge is -2.02. The van der Waals surface area contributed by atoms with E-state index in [1.54, 1.807) is 6.92 Å². The summed E-state index contributed by atoms with van der Waals surface area (Å²) in [6, 6.07) is 0.344. The molecule has 1 aromatic heterocycles. The summed E-state index contributed by atoms with van der Waals surface area (Å²) in [7, 11) is 0. The highest BCUT2D eigenvalue weighted by Crippen LogP contribution is 2.38. The first-order valence-electron chi connectivity index (χ1n) is 5.70. The van der Waals surface area contributed by atoms with Crippen LogP contribution in [-0.2, 0) is 4.74 Å². The molecule has 0 saturated heterocycles. The Balaban J connectivity index is 2.35. The first kappa shape index (κ1) is 12.7. The molecule has 1 aliphatic carbocycles. The highest BCUT2D eigenvalue weighted by molar-refractivity contribution is 7.19. The zero-order valence-corrected chi connectivity index (χ0v) is 10.8. The molecule has 0 radical (unpaired) electrons. The summed E-state index contributed by atoms with van der Waals surface area (Å²) >= 11 is 1.12. The number of nitrogens with one attached hydrogen (secondary N) is 1. The lowest BCUT2D eigenvalue weighted by atomic mass is 10.2. The molecule has 0 aromatic carbocycles. The second-order valence-corrected chi connectivity index (χ2v) is 5.07. The summed E-state index contributed by atoms with van der Waals surface area (Å²) in [4.78, 5) is 23.3. The van der Waals surface area contributed by atoms with E-state index in [9.17, 15) is 9.59 Å². The van der Waals surface area contributed by atoms with Gasteiger partial charge in [-0.05, 0) is 19.8 Å². The molecular weight excluding hydrogens is 254 g/mol. The van der Waals surface area contributed by atoms with Gasteiger partial charge < -0.3 is 21.5 Å². The van der Waals surface area contributed by atoms with E-state index in [0.717, 1.165) is 24.2 Å².